The van der Waals surface area contributed by atoms with Crippen molar-refractivity contribution in [3.05, 3.63) is 93.7 Å². The van der Waals surface area contributed by atoms with Crippen molar-refractivity contribution >= 4 is 11.8 Å². The summed E-state index contributed by atoms with van der Waals surface area (Å²) in [7, 11) is 0. The number of benzene rings is 3. The van der Waals surface area contributed by atoms with Crippen LogP contribution in [0.3, 0.4) is 0 Å². The number of rotatable bonds is 18. The van der Waals surface area contributed by atoms with Crippen LogP contribution in [0.2, 0.25) is 0 Å². The minimum Gasteiger partial charge on any atom is -0.155 e. The highest BCUT2D eigenvalue weighted by Gasteiger charge is 2.13. The topological polar surface area (TPSA) is 24.7 Å². The Hall–Kier alpha value is -3.00. The lowest BCUT2D eigenvalue weighted by molar-refractivity contribution is 0.606. The van der Waals surface area contributed by atoms with E-state index in [1.54, 1.807) is 5.56 Å². The first-order valence-electron chi connectivity index (χ1n) is 16.9. The fourth-order valence-electron chi connectivity index (χ4n) is 5.80. The third-order valence-electron chi connectivity index (χ3n) is 8.58. The molecule has 0 heterocycles. The highest BCUT2D eigenvalue weighted by atomic mass is 15.1. The van der Waals surface area contributed by atoms with Gasteiger partial charge in [-0.15, -0.1) is 0 Å². The molecule has 0 aliphatic heterocycles. The van der Waals surface area contributed by atoms with Crippen molar-refractivity contribution in [1.29, 1.82) is 0 Å². The van der Waals surface area contributed by atoms with Gasteiger partial charge in [-0.3, -0.25) is 0 Å². The van der Waals surface area contributed by atoms with Crippen molar-refractivity contribution in [3.8, 4) is 11.1 Å². The van der Waals surface area contributed by atoms with Crippen LogP contribution in [-0.2, 0) is 19.3 Å². The number of allylic oxidation sites excluding steroid dienone is 1. The highest BCUT2D eigenvalue weighted by Crippen LogP contribution is 2.32. The van der Waals surface area contributed by atoms with Crippen LogP contribution in [0.1, 0.15) is 132 Å². The van der Waals surface area contributed by atoms with E-state index in [9.17, 15) is 0 Å². The van der Waals surface area contributed by atoms with E-state index in [-0.39, 0.29) is 0 Å². The van der Waals surface area contributed by atoms with E-state index in [0.29, 0.717) is 0 Å². The molecule has 3 rings (SSSR count). The molecule has 0 saturated carbocycles. The van der Waals surface area contributed by atoms with Gasteiger partial charge in [-0.2, -0.15) is 10.2 Å². The van der Waals surface area contributed by atoms with E-state index in [4.69, 9.17) is 10.2 Å². The molecule has 0 spiro atoms. The van der Waals surface area contributed by atoms with Crippen molar-refractivity contribution in [2.45, 2.75) is 131 Å². The zero-order chi connectivity index (χ0) is 30.2. The third-order valence-corrected chi connectivity index (χ3v) is 8.58. The lowest BCUT2D eigenvalue weighted by atomic mass is 9.87. The van der Waals surface area contributed by atoms with Gasteiger partial charge in [0.25, 0.3) is 0 Å². The molecule has 0 atom stereocenters. The van der Waals surface area contributed by atoms with E-state index in [0.717, 1.165) is 37.1 Å². The van der Waals surface area contributed by atoms with Crippen molar-refractivity contribution in [2.75, 3.05) is 0 Å². The average Bonchev–Trinajstić information content (AvgIpc) is 3.01. The van der Waals surface area contributed by atoms with Crippen LogP contribution in [0.15, 0.2) is 70.5 Å². The molecule has 0 fully saturated rings. The monoisotopic (exact) mass is 564 g/mol. The maximum atomic E-state index is 4.79. The van der Waals surface area contributed by atoms with Crippen molar-refractivity contribution < 1.29 is 0 Å². The molecule has 0 aliphatic rings. The Morgan fingerprint density at radius 2 is 1.33 bits per heavy atom. The lowest BCUT2D eigenvalue weighted by Crippen LogP contribution is -2.00. The van der Waals surface area contributed by atoms with Crippen LogP contribution in [-0.4, -0.2) is 0 Å². The maximum absolute atomic E-state index is 4.79. The van der Waals surface area contributed by atoms with Gasteiger partial charge in [0.15, 0.2) is 0 Å². The summed E-state index contributed by atoms with van der Waals surface area (Å²) in [6.07, 6.45) is 19.3. The van der Waals surface area contributed by atoms with E-state index < -0.39 is 0 Å². The fraction of sp³-hybridized carbons (Fsp3) is 0.500. The Labute approximate surface area is 257 Å². The molecule has 0 amide bonds. The largest absolute Gasteiger partial charge is 0.155 e. The van der Waals surface area contributed by atoms with Gasteiger partial charge in [-0.1, -0.05) is 109 Å². The first-order chi connectivity index (χ1) is 20.5. The second-order valence-corrected chi connectivity index (χ2v) is 12.0. The summed E-state index contributed by atoms with van der Waals surface area (Å²) in [5, 5.41) is 9.54. The first-order valence-corrected chi connectivity index (χ1v) is 16.9. The van der Waals surface area contributed by atoms with E-state index in [1.807, 2.05) is 0 Å². The molecule has 0 radical (unpaired) electrons. The second kappa shape index (κ2) is 18.5. The van der Waals surface area contributed by atoms with Gasteiger partial charge in [0.1, 0.15) is 0 Å². The smallest absolute Gasteiger partial charge is 0.0862 e. The molecule has 3 aromatic carbocycles. The minimum atomic E-state index is 0.849. The predicted octanol–water partition coefficient (Wildman–Crippen LogP) is 13.1. The van der Waals surface area contributed by atoms with E-state index in [2.05, 4.69) is 102 Å². The second-order valence-electron chi connectivity index (χ2n) is 12.0. The Morgan fingerprint density at radius 1 is 0.667 bits per heavy atom. The maximum Gasteiger partial charge on any atom is 0.0862 e. The van der Waals surface area contributed by atoms with Gasteiger partial charge in [-0.05, 0) is 128 Å². The molecule has 0 aromatic heterocycles. The van der Waals surface area contributed by atoms with Crippen LogP contribution >= 0.6 is 0 Å². The zero-order valence-electron chi connectivity index (χ0n) is 27.6. The third kappa shape index (κ3) is 10.4. The first kappa shape index (κ1) is 33.5. The lowest BCUT2D eigenvalue weighted by Gasteiger charge is -2.17. The summed E-state index contributed by atoms with van der Waals surface area (Å²) >= 11 is 0. The average molecular weight is 565 g/mol. The van der Waals surface area contributed by atoms with Crippen LogP contribution < -0.4 is 0 Å². The summed E-state index contributed by atoms with van der Waals surface area (Å²) in [5.74, 6) is 0. The molecule has 0 N–H and O–H groups in total. The molecular formula is C40H56N2. The Kier molecular flexibility index (Phi) is 14.8. The van der Waals surface area contributed by atoms with Crippen LogP contribution in [0.5, 0.6) is 0 Å². The Balaban J connectivity index is 1.98. The minimum absolute atomic E-state index is 0.849. The molecule has 3 aromatic rings. The molecule has 0 unspecified atom stereocenters. The summed E-state index contributed by atoms with van der Waals surface area (Å²) in [6, 6.07) is 20.2. The number of hydrogen-bond acceptors (Lipinski definition) is 2. The Morgan fingerprint density at radius 3 is 2.05 bits per heavy atom. The van der Waals surface area contributed by atoms with Crippen molar-refractivity contribution in [3.63, 3.8) is 0 Å². The molecule has 0 aliphatic carbocycles. The standard InChI is InChI=1S/C40H56N2/c1-7-11-14-15-16-18-24-36-27-33(29-40(39(36)25-13-9-3)34-22-19-17-20-23-34)28-37(10-4)41-42-38-26-31(5)32(6)35(30-38)21-12-8-2/h17,19-20,22-23,26-30H,7-16,18,21,24-25H2,1-6H3. The number of unbranched alkanes of at least 4 members (excludes halogenated alkanes) is 7. The molecule has 2 heteroatoms. The number of hydrogen-bond donors (Lipinski definition) is 0. The fourth-order valence-corrected chi connectivity index (χ4v) is 5.80. The van der Waals surface area contributed by atoms with Gasteiger partial charge in [0.2, 0.25) is 0 Å². The molecule has 0 bridgehead atoms. The van der Waals surface area contributed by atoms with Crippen molar-refractivity contribution in [1.82, 2.24) is 0 Å². The van der Waals surface area contributed by atoms with Crippen molar-refractivity contribution in [2.24, 2.45) is 10.2 Å². The summed E-state index contributed by atoms with van der Waals surface area (Å²) < 4.78 is 0. The summed E-state index contributed by atoms with van der Waals surface area (Å²) in [4.78, 5) is 0. The van der Waals surface area contributed by atoms with Gasteiger partial charge < -0.3 is 0 Å². The van der Waals surface area contributed by atoms with Gasteiger partial charge in [-0.25, -0.2) is 0 Å². The summed E-state index contributed by atoms with van der Waals surface area (Å²) in [6.45, 7) is 13.5. The quantitative estimate of drug-likeness (QED) is 0.108. The normalized spacial score (nSPS) is 12.0. The van der Waals surface area contributed by atoms with Gasteiger partial charge in [0.05, 0.1) is 11.4 Å². The molecule has 2 nitrogen and oxygen atoms in total. The van der Waals surface area contributed by atoms with Crippen LogP contribution in [0.25, 0.3) is 17.2 Å². The van der Waals surface area contributed by atoms with Crippen LogP contribution in [0.4, 0.5) is 5.69 Å². The number of nitrogens with zero attached hydrogens (tertiary/aromatic N) is 2. The Bertz CT molecular complexity index is 1280. The van der Waals surface area contributed by atoms with E-state index >= 15 is 0 Å². The molecule has 226 valence electrons. The number of aryl methyl sites for hydroxylation is 3. The predicted molar refractivity (Wildman–Crippen MR) is 185 cm³/mol. The van der Waals surface area contributed by atoms with Crippen LogP contribution in [0, 0.1) is 13.8 Å². The molecule has 42 heavy (non-hydrogen) atoms. The summed E-state index contributed by atoms with van der Waals surface area (Å²) in [5.41, 5.74) is 13.1. The van der Waals surface area contributed by atoms with Gasteiger partial charge >= 0.3 is 0 Å². The SMILES string of the molecule is CCCCCCCCc1cc(C=C(CC)N=Nc2cc(C)c(C)c(CCCC)c2)cc(-c2ccccc2)c1CCCC. The van der Waals surface area contributed by atoms with E-state index in [1.165, 1.54) is 103 Å². The molecular weight excluding hydrogens is 508 g/mol. The zero-order valence-corrected chi connectivity index (χ0v) is 27.6. The molecule has 0 saturated heterocycles. The van der Waals surface area contributed by atoms with Gasteiger partial charge in [0, 0.05) is 0 Å². The number of azo groups is 1. The highest BCUT2D eigenvalue weighted by molar-refractivity contribution is 5.73.